The van der Waals surface area contributed by atoms with E-state index in [1.807, 2.05) is 64.1 Å². The molecule has 0 aliphatic carbocycles. The Kier molecular flexibility index (Phi) is 6.50. The number of methoxy groups -OCH3 is 1. The second-order valence-electron chi connectivity index (χ2n) is 8.15. The van der Waals surface area contributed by atoms with Gasteiger partial charge < -0.3 is 14.8 Å². The molecule has 1 aliphatic heterocycles. The molecule has 5 rings (SSSR count). The number of hydrogen-bond donors (Lipinski definition) is 1. The molecule has 0 saturated carbocycles. The monoisotopic (exact) mass is 447 g/mol. The minimum Gasteiger partial charge on any atom is -0.492 e. The van der Waals surface area contributed by atoms with Gasteiger partial charge in [-0.2, -0.15) is 10.1 Å². The fraction of sp³-hybridized carbons (Fsp3) is 0.375. The molecular weight excluding hydrogens is 418 g/mol. The summed E-state index contributed by atoms with van der Waals surface area (Å²) in [6.45, 7) is 5.40. The summed E-state index contributed by atoms with van der Waals surface area (Å²) in [7, 11) is 1.69. The highest BCUT2D eigenvalue weighted by Crippen LogP contribution is 2.23. The van der Waals surface area contributed by atoms with Crippen LogP contribution in [0.2, 0.25) is 0 Å². The Labute approximate surface area is 192 Å². The zero-order valence-electron chi connectivity index (χ0n) is 18.9. The van der Waals surface area contributed by atoms with E-state index in [0.717, 1.165) is 34.9 Å². The maximum Gasteiger partial charge on any atom is 0.247 e. The van der Waals surface area contributed by atoms with Gasteiger partial charge in [-0.25, -0.2) is 4.52 Å². The van der Waals surface area contributed by atoms with E-state index in [0.29, 0.717) is 25.7 Å². The number of ether oxygens (including phenoxy) is 2. The Morgan fingerprint density at radius 3 is 2.67 bits per heavy atom. The maximum atomic E-state index is 5.89. The van der Waals surface area contributed by atoms with Crippen LogP contribution in [0, 0.1) is 0 Å². The Balaban J connectivity index is 1.25. The third-order valence-electron chi connectivity index (χ3n) is 5.80. The minimum atomic E-state index is 0.539. The molecule has 0 spiro atoms. The number of hydrogen-bond acceptors (Lipinski definition) is 7. The van der Waals surface area contributed by atoms with Crippen molar-refractivity contribution >= 4 is 17.3 Å². The quantitative estimate of drug-likeness (QED) is 0.399. The molecule has 0 amide bonds. The van der Waals surface area contributed by atoms with E-state index in [2.05, 4.69) is 25.4 Å². The molecule has 1 aromatic carbocycles. The Morgan fingerprint density at radius 2 is 1.85 bits per heavy atom. The van der Waals surface area contributed by atoms with Crippen molar-refractivity contribution in [2.75, 3.05) is 45.3 Å². The zero-order chi connectivity index (χ0) is 22.5. The lowest BCUT2D eigenvalue weighted by Gasteiger charge is -2.15. The number of likely N-dealkylation sites (tertiary alicyclic amines) is 1. The van der Waals surface area contributed by atoms with Crippen LogP contribution in [0.1, 0.15) is 12.8 Å². The van der Waals surface area contributed by atoms with E-state index in [1.165, 1.54) is 25.9 Å². The van der Waals surface area contributed by atoms with Crippen LogP contribution in [0.15, 0.2) is 54.9 Å². The number of nitrogens with zero attached hydrogens (tertiary/aromatic N) is 6. The van der Waals surface area contributed by atoms with E-state index in [1.54, 1.807) is 7.11 Å². The second-order valence-corrected chi connectivity index (χ2v) is 8.15. The van der Waals surface area contributed by atoms with Crippen molar-refractivity contribution in [2.45, 2.75) is 19.4 Å². The highest BCUT2D eigenvalue weighted by molar-refractivity contribution is 5.63. The zero-order valence-corrected chi connectivity index (χ0v) is 18.9. The molecule has 33 heavy (non-hydrogen) atoms. The number of rotatable bonds is 10. The molecule has 3 aromatic heterocycles. The van der Waals surface area contributed by atoms with Gasteiger partial charge in [0.15, 0.2) is 5.65 Å². The molecule has 1 N–H and O–H groups in total. The van der Waals surface area contributed by atoms with Crippen LogP contribution in [-0.2, 0) is 11.3 Å². The first-order valence-electron chi connectivity index (χ1n) is 11.4. The molecule has 1 aliphatic rings. The maximum absolute atomic E-state index is 5.89. The van der Waals surface area contributed by atoms with Gasteiger partial charge in [0.05, 0.1) is 25.0 Å². The SMILES string of the molecule is COCCn1cc(-c2cccc3nc(Nc4ccc(OCCN5CCCC5)cc4)nn23)cn1. The lowest BCUT2D eigenvalue weighted by atomic mass is 10.2. The normalized spacial score (nSPS) is 14.2. The van der Waals surface area contributed by atoms with Gasteiger partial charge >= 0.3 is 0 Å². The summed E-state index contributed by atoms with van der Waals surface area (Å²) in [5.41, 5.74) is 3.58. The van der Waals surface area contributed by atoms with Crippen molar-refractivity contribution in [1.29, 1.82) is 0 Å². The molecule has 4 heterocycles. The molecule has 172 valence electrons. The fourth-order valence-corrected chi connectivity index (χ4v) is 4.04. The molecule has 9 nitrogen and oxygen atoms in total. The topological polar surface area (TPSA) is 81.7 Å². The highest BCUT2D eigenvalue weighted by atomic mass is 16.5. The Hall–Kier alpha value is -3.43. The van der Waals surface area contributed by atoms with Crippen molar-refractivity contribution in [3.05, 3.63) is 54.9 Å². The van der Waals surface area contributed by atoms with Crippen molar-refractivity contribution in [3.8, 4) is 17.0 Å². The minimum absolute atomic E-state index is 0.539. The molecule has 0 radical (unpaired) electrons. The molecule has 0 bridgehead atoms. The second kappa shape index (κ2) is 10.0. The summed E-state index contributed by atoms with van der Waals surface area (Å²) in [4.78, 5) is 7.07. The molecule has 4 aromatic rings. The van der Waals surface area contributed by atoms with Crippen LogP contribution in [0.5, 0.6) is 5.75 Å². The summed E-state index contributed by atoms with van der Waals surface area (Å²) in [6, 6.07) is 13.8. The van der Waals surface area contributed by atoms with Gasteiger partial charge in [0.2, 0.25) is 5.95 Å². The predicted molar refractivity (Wildman–Crippen MR) is 127 cm³/mol. The Morgan fingerprint density at radius 1 is 1.00 bits per heavy atom. The highest BCUT2D eigenvalue weighted by Gasteiger charge is 2.12. The number of pyridine rings is 1. The van der Waals surface area contributed by atoms with Gasteiger partial charge in [0.25, 0.3) is 0 Å². The summed E-state index contributed by atoms with van der Waals surface area (Å²) < 4.78 is 14.7. The first-order valence-corrected chi connectivity index (χ1v) is 11.4. The van der Waals surface area contributed by atoms with E-state index in [-0.39, 0.29) is 0 Å². The van der Waals surface area contributed by atoms with Crippen molar-refractivity contribution in [2.24, 2.45) is 0 Å². The van der Waals surface area contributed by atoms with Crippen molar-refractivity contribution in [1.82, 2.24) is 29.3 Å². The first kappa shape index (κ1) is 21.4. The molecule has 0 unspecified atom stereocenters. The van der Waals surface area contributed by atoms with E-state index in [9.17, 15) is 0 Å². The first-order chi connectivity index (χ1) is 16.3. The van der Waals surface area contributed by atoms with Crippen LogP contribution < -0.4 is 10.1 Å². The van der Waals surface area contributed by atoms with Crippen molar-refractivity contribution in [3.63, 3.8) is 0 Å². The van der Waals surface area contributed by atoms with Crippen LogP contribution in [0.4, 0.5) is 11.6 Å². The third kappa shape index (κ3) is 5.15. The largest absolute Gasteiger partial charge is 0.492 e. The summed E-state index contributed by atoms with van der Waals surface area (Å²) in [5, 5.41) is 12.4. The smallest absolute Gasteiger partial charge is 0.247 e. The summed E-state index contributed by atoms with van der Waals surface area (Å²) in [6.07, 6.45) is 6.43. The molecular formula is C24H29N7O2. The lowest BCUT2D eigenvalue weighted by Crippen LogP contribution is -2.25. The summed E-state index contributed by atoms with van der Waals surface area (Å²) in [5.74, 6) is 1.41. The van der Waals surface area contributed by atoms with Gasteiger partial charge in [-0.15, -0.1) is 5.10 Å². The average Bonchev–Trinajstić information content (AvgIpc) is 3.59. The number of anilines is 2. The standard InChI is InChI=1S/C24H29N7O2/c1-32-15-14-30-18-19(17-25-30)22-5-4-6-23-27-24(28-31(22)23)26-20-7-9-21(10-8-20)33-16-13-29-11-2-3-12-29/h4-10,17-18H,2-3,11-16H2,1H3,(H,26,28). The van der Waals surface area contributed by atoms with Gasteiger partial charge in [0.1, 0.15) is 12.4 Å². The number of aromatic nitrogens is 5. The van der Waals surface area contributed by atoms with Gasteiger partial charge in [0, 0.05) is 31.1 Å². The van der Waals surface area contributed by atoms with Gasteiger partial charge in [-0.3, -0.25) is 9.58 Å². The van der Waals surface area contributed by atoms with Gasteiger partial charge in [-0.1, -0.05) is 6.07 Å². The van der Waals surface area contributed by atoms with E-state index >= 15 is 0 Å². The number of nitrogens with one attached hydrogen (secondary N) is 1. The number of fused-ring (bicyclic) bond motifs is 1. The van der Waals surface area contributed by atoms with Gasteiger partial charge in [-0.05, 0) is 62.3 Å². The van der Waals surface area contributed by atoms with E-state index in [4.69, 9.17) is 9.47 Å². The predicted octanol–water partition coefficient (Wildman–Crippen LogP) is 3.46. The molecule has 0 atom stereocenters. The third-order valence-corrected chi connectivity index (χ3v) is 5.80. The molecule has 9 heteroatoms. The molecule has 1 saturated heterocycles. The van der Waals surface area contributed by atoms with Crippen molar-refractivity contribution < 1.29 is 9.47 Å². The van der Waals surface area contributed by atoms with E-state index < -0.39 is 0 Å². The number of benzene rings is 1. The van der Waals surface area contributed by atoms with Crippen LogP contribution >= 0.6 is 0 Å². The van der Waals surface area contributed by atoms with Crippen LogP contribution in [-0.4, -0.2) is 69.2 Å². The summed E-state index contributed by atoms with van der Waals surface area (Å²) >= 11 is 0. The lowest BCUT2D eigenvalue weighted by molar-refractivity contribution is 0.183. The average molecular weight is 448 g/mol. The Bertz CT molecular complexity index is 1180. The van der Waals surface area contributed by atoms with Crippen LogP contribution in [0.25, 0.3) is 16.9 Å². The fourth-order valence-electron chi connectivity index (χ4n) is 4.04. The van der Waals surface area contributed by atoms with Crippen LogP contribution in [0.3, 0.4) is 0 Å². The molecule has 1 fully saturated rings.